The van der Waals surface area contributed by atoms with Crippen LogP contribution in [0.1, 0.15) is 18.0 Å². The zero-order valence-corrected chi connectivity index (χ0v) is 17.5. The summed E-state index contributed by atoms with van der Waals surface area (Å²) in [4.78, 5) is 2.15. The topological polar surface area (TPSA) is 47.1 Å². The molecule has 0 saturated carbocycles. The van der Waals surface area contributed by atoms with Crippen LogP contribution in [0.2, 0.25) is 5.02 Å². The van der Waals surface area contributed by atoms with E-state index >= 15 is 0 Å². The van der Waals surface area contributed by atoms with E-state index < -0.39 is 10.2 Å². The van der Waals surface area contributed by atoms with Crippen LogP contribution < -0.4 is 5.01 Å². The summed E-state index contributed by atoms with van der Waals surface area (Å²) >= 11 is 6.07. The second-order valence-electron chi connectivity index (χ2n) is 7.29. The summed E-state index contributed by atoms with van der Waals surface area (Å²) in [7, 11) is -1.58. The highest BCUT2D eigenvalue weighted by atomic mass is 35.5. The lowest BCUT2D eigenvalue weighted by Crippen LogP contribution is -2.55. The quantitative estimate of drug-likeness (QED) is 0.762. The van der Waals surface area contributed by atoms with E-state index in [1.54, 1.807) is 20.9 Å². The lowest BCUT2D eigenvalue weighted by atomic mass is 10.0. The lowest BCUT2D eigenvalue weighted by molar-refractivity contribution is 0.212. The second kappa shape index (κ2) is 8.00. The van der Waals surface area contributed by atoms with Gasteiger partial charge in [0.25, 0.3) is 10.2 Å². The first-order chi connectivity index (χ1) is 13.5. The minimum Gasteiger partial charge on any atom is -0.304 e. The van der Waals surface area contributed by atoms with Crippen LogP contribution in [0.25, 0.3) is 0 Å². The molecular weight excluding hydrogens is 396 g/mol. The molecule has 0 bridgehead atoms. The van der Waals surface area contributed by atoms with Gasteiger partial charge in [-0.2, -0.15) is 12.7 Å². The van der Waals surface area contributed by atoms with E-state index in [0.29, 0.717) is 24.7 Å². The number of halogens is 1. The van der Waals surface area contributed by atoms with E-state index in [2.05, 4.69) is 17.0 Å². The van der Waals surface area contributed by atoms with Gasteiger partial charge in [0.1, 0.15) is 0 Å². The molecule has 0 aromatic heterocycles. The fourth-order valence-corrected chi connectivity index (χ4v) is 5.67. The first-order valence-corrected chi connectivity index (χ1v) is 11.3. The molecule has 8 heteroatoms. The van der Waals surface area contributed by atoms with E-state index in [4.69, 9.17) is 11.6 Å². The van der Waals surface area contributed by atoms with E-state index in [0.717, 1.165) is 30.8 Å². The Balaban J connectivity index is 1.70. The van der Waals surface area contributed by atoms with Gasteiger partial charge in [0, 0.05) is 37.7 Å². The maximum absolute atomic E-state index is 13.5. The SMILES string of the molecule is CN1CCN(S(=O)(=O)N2CCC(c3ccccc3)N2c2ccc(Cl)cc2)CC1. The van der Waals surface area contributed by atoms with Crippen molar-refractivity contribution in [1.82, 2.24) is 13.6 Å². The van der Waals surface area contributed by atoms with Crippen molar-refractivity contribution in [2.45, 2.75) is 12.5 Å². The van der Waals surface area contributed by atoms with Crippen molar-refractivity contribution in [2.24, 2.45) is 0 Å². The average molecular weight is 421 g/mol. The molecule has 1 atom stereocenters. The fourth-order valence-electron chi connectivity index (χ4n) is 3.88. The van der Waals surface area contributed by atoms with Crippen LogP contribution in [0, 0.1) is 0 Å². The van der Waals surface area contributed by atoms with Crippen LogP contribution in [0.4, 0.5) is 5.69 Å². The molecule has 28 heavy (non-hydrogen) atoms. The first-order valence-electron chi connectivity index (χ1n) is 9.53. The summed E-state index contributed by atoms with van der Waals surface area (Å²) in [5, 5.41) is 2.55. The molecule has 150 valence electrons. The van der Waals surface area contributed by atoms with E-state index in [1.165, 1.54) is 0 Å². The molecule has 0 amide bonds. The summed E-state index contributed by atoms with van der Waals surface area (Å²) in [6, 6.07) is 17.4. The summed E-state index contributed by atoms with van der Waals surface area (Å²) < 4.78 is 30.1. The van der Waals surface area contributed by atoms with Crippen molar-refractivity contribution in [1.29, 1.82) is 0 Å². The monoisotopic (exact) mass is 420 g/mol. The Morgan fingerprint density at radius 2 is 1.54 bits per heavy atom. The third-order valence-corrected chi connectivity index (χ3v) is 7.62. The summed E-state index contributed by atoms with van der Waals surface area (Å²) in [5.41, 5.74) is 1.93. The Morgan fingerprint density at radius 1 is 0.893 bits per heavy atom. The third kappa shape index (κ3) is 3.77. The highest BCUT2D eigenvalue weighted by molar-refractivity contribution is 7.86. The van der Waals surface area contributed by atoms with Crippen LogP contribution in [-0.2, 0) is 10.2 Å². The number of hydrogen-bond acceptors (Lipinski definition) is 4. The Morgan fingerprint density at radius 3 is 2.18 bits per heavy atom. The van der Waals surface area contributed by atoms with Gasteiger partial charge in [0.2, 0.25) is 0 Å². The van der Waals surface area contributed by atoms with Crippen LogP contribution in [-0.4, -0.2) is 61.8 Å². The number of hydrogen-bond donors (Lipinski definition) is 0. The minimum absolute atomic E-state index is 0.0374. The number of nitrogens with zero attached hydrogens (tertiary/aromatic N) is 4. The van der Waals surface area contributed by atoms with E-state index in [9.17, 15) is 8.42 Å². The molecule has 2 aliphatic rings. The number of anilines is 1. The maximum Gasteiger partial charge on any atom is 0.299 e. The van der Waals surface area contributed by atoms with Gasteiger partial charge in [-0.25, -0.2) is 0 Å². The standard InChI is InChI=1S/C20H25ClN4O2S/c1-22-13-15-23(16-14-22)28(26,27)24-12-11-20(17-5-3-2-4-6-17)25(24)19-9-7-18(21)8-10-19/h2-10,20H,11-16H2,1H3. The Kier molecular flexibility index (Phi) is 5.62. The smallest absolute Gasteiger partial charge is 0.299 e. The van der Waals surface area contributed by atoms with Gasteiger partial charge in [-0.1, -0.05) is 46.3 Å². The number of piperazine rings is 1. The number of rotatable bonds is 4. The van der Waals surface area contributed by atoms with Crippen molar-refractivity contribution in [2.75, 3.05) is 44.8 Å². The highest BCUT2D eigenvalue weighted by Gasteiger charge is 2.43. The number of hydrazine groups is 1. The average Bonchev–Trinajstić information content (AvgIpc) is 3.15. The van der Waals surface area contributed by atoms with Crippen LogP contribution >= 0.6 is 11.6 Å². The first kappa shape index (κ1) is 19.7. The van der Waals surface area contributed by atoms with Gasteiger partial charge in [-0.3, -0.25) is 5.01 Å². The largest absolute Gasteiger partial charge is 0.304 e. The molecule has 2 aliphatic heterocycles. The molecule has 0 N–H and O–H groups in total. The van der Waals surface area contributed by atoms with Gasteiger partial charge in [-0.15, -0.1) is 0 Å². The van der Waals surface area contributed by atoms with Crippen molar-refractivity contribution >= 4 is 27.5 Å². The zero-order chi connectivity index (χ0) is 19.7. The maximum atomic E-state index is 13.5. The van der Waals surface area contributed by atoms with Crippen molar-refractivity contribution in [3.63, 3.8) is 0 Å². The molecule has 2 heterocycles. The van der Waals surface area contributed by atoms with Gasteiger partial charge in [-0.05, 0) is 43.3 Å². The predicted octanol–water partition coefficient (Wildman–Crippen LogP) is 3.00. The van der Waals surface area contributed by atoms with E-state index in [-0.39, 0.29) is 6.04 Å². The van der Waals surface area contributed by atoms with E-state index in [1.807, 2.05) is 42.4 Å². The molecule has 0 aliphatic carbocycles. The molecule has 1 unspecified atom stereocenters. The molecule has 2 saturated heterocycles. The normalized spacial score (nSPS) is 22.6. The second-order valence-corrected chi connectivity index (χ2v) is 9.56. The van der Waals surface area contributed by atoms with Gasteiger partial charge < -0.3 is 4.90 Å². The molecule has 6 nitrogen and oxygen atoms in total. The molecule has 2 aromatic carbocycles. The minimum atomic E-state index is -3.60. The van der Waals surface area contributed by atoms with Crippen molar-refractivity contribution in [3.8, 4) is 0 Å². The van der Waals surface area contributed by atoms with Crippen molar-refractivity contribution in [3.05, 3.63) is 65.2 Å². The highest BCUT2D eigenvalue weighted by Crippen LogP contribution is 2.39. The molecular formula is C20H25ClN4O2S. The molecule has 4 rings (SSSR count). The van der Waals surface area contributed by atoms with Gasteiger partial charge >= 0.3 is 0 Å². The molecule has 0 spiro atoms. The Hall–Kier alpha value is -1.64. The van der Waals surface area contributed by atoms with Crippen LogP contribution in [0.15, 0.2) is 54.6 Å². The Bertz CT molecular complexity index is 900. The summed E-state index contributed by atoms with van der Waals surface area (Å²) in [5.74, 6) is 0. The number of benzene rings is 2. The molecule has 2 aromatic rings. The van der Waals surface area contributed by atoms with Gasteiger partial charge in [0.15, 0.2) is 0 Å². The predicted molar refractivity (Wildman–Crippen MR) is 112 cm³/mol. The van der Waals surface area contributed by atoms with Crippen LogP contribution in [0.3, 0.4) is 0 Å². The Labute approximate surface area is 172 Å². The van der Waals surface area contributed by atoms with Gasteiger partial charge in [0.05, 0.1) is 11.7 Å². The lowest BCUT2D eigenvalue weighted by Gasteiger charge is -2.39. The van der Waals surface area contributed by atoms with Crippen molar-refractivity contribution < 1.29 is 8.42 Å². The molecule has 2 fully saturated rings. The number of likely N-dealkylation sites (N-methyl/N-ethyl adjacent to an activating group) is 1. The summed E-state index contributed by atoms with van der Waals surface area (Å²) in [6.07, 6.45) is 0.736. The third-order valence-electron chi connectivity index (χ3n) is 5.46. The summed E-state index contributed by atoms with van der Waals surface area (Å²) in [6.45, 7) is 2.97. The zero-order valence-electron chi connectivity index (χ0n) is 15.9. The van der Waals surface area contributed by atoms with Crippen LogP contribution in [0.5, 0.6) is 0 Å². The fraction of sp³-hybridized carbons (Fsp3) is 0.400. The molecule has 0 radical (unpaired) electrons.